The lowest BCUT2D eigenvalue weighted by Crippen LogP contribution is -2.58. The molecule has 204 valence electrons. The van der Waals surface area contributed by atoms with Gasteiger partial charge in [0.05, 0.1) is 16.9 Å². The predicted molar refractivity (Wildman–Crippen MR) is 153 cm³/mol. The van der Waals surface area contributed by atoms with Gasteiger partial charge in [-0.15, -0.1) is 0 Å². The van der Waals surface area contributed by atoms with Crippen LogP contribution in [0.2, 0.25) is 0 Å². The Hall–Kier alpha value is -2.18. The maximum Gasteiger partial charge on any atom is 0.131 e. The van der Waals surface area contributed by atoms with Crippen molar-refractivity contribution in [3.8, 4) is 0 Å². The van der Waals surface area contributed by atoms with Gasteiger partial charge in [0.15, 0.2) is 0 Å². The Balaban J connectivity index is 1.35. The summed E-state index contributed by atoms with van der Waals surface area (Å²) in [4.78, 5) is 7.09. The molecule has 1 fully saturated rings. The minimum Gasteiger partial charge on any atom is -0.487 e. The molecular formula is C32H41ClN2O3. The Labute approximate surface area is 232 Å². The van der Waals surface area contributed by atoms with E-state index in [2.05, 4.69) is 41.9 Å². The van der Waals surface area contributed by atoms with Crippen molar-refractivity contribution in [1.29, 1.82) is 0 Å². The standard InChI is InChI=1S/C32H41ClN2O3/c1-30(2)21-35(18-15-32(30,37)22-9-12-24(33)13-10-22)17-6-8-25-26-7-5-16-34-28(26)20-38-29-14-11-23(19-27(25)29)31(3,4)36/h5,7-9,11-12,14,16,23,36-37H,6,10,13,15,17-21H2,1-4H3/b25-8+. The van der Waals surface area contributed by atoms with Crippen LogP contribution in [0.4, 0.5) is 0 Å². The van der Waals surface area contributed by atoms with Crippen molar-refractivity contribution in [2.75, 3.05) is 19.6 Å². The molecule has 0 spiro atoms. The Morgan fingerprint density at radius 1 is 1.26 bits per heavy atom. The quantitative estimate of drug-likeness (QED) is 0.463. The van der Waals surface area contributed by atoms with Crippen LogP contribution in [0.3, 0.4) is 0 Å². The molecule has 5 nitrogen and oxygen atoms in total. The van der Waals surface area contributed by atoms with Crippen molar-refractivity contribution in [2.24, 2.45) is 11.3 Å². The Bertz CT molecular complexity index is 1230. The number of aromatic nitrogens is 1. The molecule has 3 heterocycles. The molecule has 1 aromatic rings. The molecule has 2 atom stereocenters. The summed E-state index contributed by atoms with van der Waals surface area (Å²) in [5.41, 5.74) is 3.61. The normalized spacial score (nSPS) is 28.7. The molecule has 0 aromatic carbocycles. The topological polar surface area (TPSA) is 65.8 Å². The molecule has 4 aliphatic rings. The predicted octanol–water partition coefficient (Wildman–Crippen LogP) is 6.29. The van der Waals surface area contributed by atoms with Gasteiger partial charge >= 0.3 is 0 Å². The molecule has 1 saturated heterocycles. The van der Waals surface area contributed by atoms with Crippen LogP contribution in [0.25, 0.3) is 5.57 Å². The number of nitrogens with zero attached hydrogens (tertiary/aromatic N) is 2. The van der Waals surface area contributed by atoms with E-state index in [0.29, 0.717) is 6.61 Å². The molecule has 0 radical (unpaired) electrons. The van der Waals surface area contributed by atoms with Gasteiger partial charge in [-0.1, -0.05) is 49.7 Å². The van der Waals surface area contributed by atoms with Gasteiger partial charge in [0.1, 0.15) is 12.4 Å². The fraction of sp³-hybridized carbons (Fsp3) is 0.531. The summed E-state index contributed by atoms with van der Waals surface area (Å²) in [5, 5.41) is 23.4. The van der Waals surface area contributed by atoms with Crippen molar-refractivity contribution >= 4 is 17.2 Å². The number of allylic oxidation sites excluding steroid dienone is 6. The first-order valence-corrected chi connectivity index (χ1v) is 14.3. The fourth-order valence-electron chi connectivity index (χ4n) is 6.46. The van der Waals surface area contributed by atoms with Gasteiger partial charge in [-0.2, -0.15) is 0 Å². The second kappa shape index (κ2) is 10.4. The number of fused-ring (bicyclic) bond motifs is 1. The lowest BCUT2D eigenvalue weighted by Gasteiger charge is -2.52. The number of rotatable bonds is 5. The molecule has 1 aromatic heterocycles. The maximum absolute atomic E-state index is 11.8. The van der Waals surface area contributed by atoms with Crippen LogP contribution in [0.1, 0.15) is 71.1 Å². The second-order valence-electron chi connectivity index (χ2n) is 12.4. The smallest absolute Gasteiger partial charge is 0.131 e. The fourth-order valence-corrected chi connectivity index (χ4v) is 6.61. The van der Waals surface area contributed by atoms with Crippen LogP contribution in [0, 0.1) is 11.3 Å². The minimum atomic E-state index is -0.810. The number of likely N-dealkylation sites (tertiary alicyclic amines) is 1. The van der Waals surface area contributed by atoms with E-state index in [1.165, 1.54) is 5.57 Å². The summed E-state index contributed by atoms with van der Waals surface area (Å²) in [6.07, 6.45) is 16.2. The largest absolute Gasteiger partial charge is 0.487 e. The van der Waals surface area contributed by atoms with E-state index in [4.69, 9.17) is 16.3 Å². The van der Waals surface area contributed by atoms with Crippen molar-refractivity contribution < 1.29 is 14.9 Å². The van der Waals surface area contributed by atoms with Crippen molar-refractivity contribution in [1.82, 2.24) is 9.88 Å². The number of piperidine rings is 1. The maximum atomic E-state index is 11.8. The summed E-state index contributed by atoms with van der Waals surface area (Å²) >= 11 is 6.19. The zero-order valence-electron chi connectivity index (χ0n) is 23.1. The molecule has 5 rings (SSSR count). The summed E-state index contributed by atoms with van der Waals surface area (Å²) in [5.74, 6) is 0.902. The van der Waals surface area contributed by atoms with E-state index in [-0.39, 0.29) is 11.3 Å². The summed E-state index contributed by atoms with van der Waals surface area (Å²) in [6.45, 7) is 11.2. The molecule has 2 N–H and O–H groups in total. The zero-order valence-corrected chi connectivity index (χ0v) is 23.9. The average molecular weight is 537 g/mol. The van der Waals surface area contributed by atoms with Gasteiger partial charge < -0.3 is 19.8 Å². The van der Waals surface area contributed by atoms with Crippen LogP contribution in [-0.4, -0.2) is 50.9 Å². The van der Waals surface area contributed by atoms with Crippen molar-refractivity contribution in [3.05, 3.63) is 81.9 Å². The lowest BCUT2D eigenvalue weighted by atomic mass is 9.65. The number of halogens is 1. The van der Waals surface area contributed by atoms with E-state index in [0.717, 1.165) is 84.9 Å². The molecule has 0 saturated carbocycles. The van der Waals surface area contributed by atoms with E-state index in [1.807, 2.05) is 44.3 Å². The SMILES string of the molecule is CC(C)(O)C1C=CC2=C(C1)/C(=C/CCN1CCC(O)(C3=CC=C(Cl)CC3)C(C)(C)C1)c1cccnc1CO2. The van der Waals surface area contributed by atoms with Crippen LogP contribution in [-0.2, 0) is 11.3 Å². The number of hydrogen-bond donors (Lipinski definition) is 2. The van der Waals surface area contributed by atoms with Gasteiger partial charge in [0.25, 0.3) is 0 Å². The average Bonchev–Trinajstić information content (AvgIpc) is 3.02. The second-order valence-corrected chi connectivity index (χ2v) is 12.9. The Morgan fingerprint density at radius 3 is 2.79 bits per heavy atom. The monoisotopic (exact) mass is 536 g/mol. The van der Waals surface area contributed by atoms with Gasteiger partial charge in [0.2, 0.25) is 0 Å². The minimum absolute atomic E-state index is 0.0193. The number of pyridine rings is 1. The molecule has 2 aliphatic carbocycles. The zero-order chi connectivity index (χ0) is 27.1. The van der Waals surface area contributed by atoms with Crippen LogP contribution in [0.5, 0.6) is 0 Å². The first-order valence-electron chi connectivity index (χ1n) is 13.9. The van der Waals surface area contributed by atoms with Crippen LogP contribution >= 0.6 is 11.6 Å². The van der Waals surface area contributed by atoms with Gasteiger partial charge in [-0.05, 0) is 75.3 Å². The van der Waals surface area contributed by atoms with E-state index in [9.17, 15) is 10.2 Å². The van der Waals surface area contributed by atoms with Crippen LogP contribution < -0.4 is 0 Å². The third kappa shape index (κ3) is 5.31. The molecule has 2 unspecified atom stereocenters. The first kappa shape index (κ1) is 27.4. The van der Waals surface area contributed by atoms with Crippen molar-refractivity contribution in [3.63, 3.8) is 0 Å². The Kier molecular flexibility index (Phi) is 7.51. The highest BCUT2D eigenvalue weighted by Crippen LogP contribution is 2.46. The van der Waals surface area contributed by atoms with E-state index in [1.54, 1.807) is 0 Å². The lowest BCUT2D eigenvalue weighted by molar-refractivity contribution is -0.0930. The van der Waals surface area contributed by atoms with Crippen molar-refractivity contribution in [2.45, 2.75) is 77.6 Å². The molecule has 2 aliphatic heterocycles. The summed E-state index contributed by atoms with van der Waals surface area (Å²) in [7, 11) is 0. The van der Waals surface area contributed by atoms with E-state index >= 15 is 0 Å². The van der Waals surface area contributed by atoms with Gasteiger partial charge in [-0.3, -0.25) is 4.98 Å². The molecule has 0 bridgehead atoms. The highest BCUT2D eigenvalue weighted by molar-refractivity contribution is 6.29. The first-order chi connectivity index (χ1) is 18.0. The number of aliphatic hydroxyl groups is 2. The van der Waals surface area contributed by atoms with E-state index < -0.39 is 11.2 Å². The molecule has 38 heavy (non-hydrogen) atoms. The summed E-state index contributed by atoms with van der Waals surface area (Å²) < 4.78 is 6.19. The number of ether oxygens (including phenoxy) is 1. The van der Waals surface area contributed by atoms with Gasteiger partial charge in [0, 0.05) is 53.3 Å². The summed E-state index contributed by atoms with van der Waals surface area (Å²) in [6, 6.07) is 4.12. The van der Waals surface area contributed by atoms with Gasteiger partial charge in [-0.25, -0.2) is 0 Å². The highest BCUT2D eigenvalue weighted by Gasteiger charge is 2.49. The third-order valence-electron chi connectivity index (χ3n) is 8.93. The Morgan fingerprint density at radius 2 is 2.08 bits per heavy atom. The molecule has 6 heteroatoms. The van der Waals surface area contributed by atoms with Crippen LogP contribution in [0.15, 0.2) is 70.6 Å². The molecule has 0 amide bonds. The highest BCUT2D eigenvalue weighted by atomic mass is 35.5. The third-order valence-corrected chi connectivity index (χ3v) is 9.25. The number of hydrogen-bond acceptors (Lipinski definition) is 5. The molecular weight excluding hydrogens is 496 g/mol.